The highest BCUT2D eigenvalue weighted by Crippen LogP contribution is 2.36. The van der Waals surface area contributed by atoms with E-state index in [0.717, 1.165) is 16.6 Å². The third-order valence-corrected chi connectivity index (χ3v) is 5.14. The van der Waals surface area contributed by atoms with Crippen molar-refractivity contribution < 1.29 is 0 Å². The van der Waals surface area contributed by atoms with Crippen molar-refractivity contribution in [2.45, 2.75) is 19.9 Å². The summed E-state index contributed by atoms with van der Waals surface area (Å²) in [4.78, 5) is 0. The van der Waals surface area contributed by atoms with Crippen LogP contribution in [0.1, 0.15) is 24.9 Å². The van der Waals surface area contributed by atoms with E-state index in [2.05, 4.69) is 59.0 Å². The van der Waals surface area contributed by atoms with E-state index in [4.69, 9.17) is 0 Å². The SMILES string of the molecule is CCNC(C)c1nnc(-c2csc3ccccc23)s1. The third kappa shape index (κ3) is 2.41. The minimum Gasteiger partial charge on any atom is -0.308 e. The molecule has 0 amide bonds. The van der Waals surface area contributed by atoms with Crippen LogP contribution in [0.2, 0.25) is 0 Å². The molecule has 98 valence electrons. The van der Waals surface area contributed by atoms with Crippen LogP contribution in [0, 0.1) is 0 Å². The highest BCUT2D eigenvalue weighted by Gasteiger charge is 2.14. The normalized spacial score (nSPS) is 12.9. The Balaban J connectivity index is 1.98. The van der Waals surface area contributed by atoms with Gasteiger partial charge in [-0.05, 0) is 19.5 Å². The van der Waals surface area contributed by atoms with Gasteiger partial charge in [-0.3, -0.25) is 0 Å². The lowest BCUT2D eigenvalue weighted by Gasteiger charge is -2.06. The number of nitrogens with zero attached hydrogens (tertiary/aromatic N) is 2. The van der Waals surface area contributed by atoms with Crippen LogP contribution in [0.4, 0.5) is 0 Å². The van der Waals surface area contributed by atoms with Gasteiger partial charge in [0.1, 0.15) is 10.0 Å². The molecular formula is C14H15N3S2. The molecule has 3 aromatic rings. The highest BCUT2D eigenvalue weighted by molar-refractivity contribution is 7.19. The van der Waals surface area contributed by atoms with Crippen molar-refractivity contribution in [3.63, 3.8) is 0 Å². The zero-order valence-electron chi connectivity index (χ0n) is 10.9. The highest BCUT2D eigenvalue weighted by atomic mass is 32.1. The monoisotopic (exact) mass is 289 g/mol. The molecule has 0 aliphatic carbocycles. The summed E-state index contributed by atoms with van der Waals surface area (Å²) in [7, 11) is 0. The lowest BCUT2D eigenvalue weighted by atomic mass is 10.2. The molecule has 0 spiro atoms. The summed E-state index contributed by atoms with van der Waals surface area (Å²) in [6.07, 6.45) is 0. The summed E-state index contributed by atoms with van der Waals surface area (Å²) in [5.74, 6) is 0. The summed E-state index contributed by atoms with van der Waals surface area (Å²) < 4.78 is 1.30. The number of rotatable bonds is 4. The molecular weight excluding hydrogens is 274 g/mol. The number of nitrogens with one attached hydrogen (secondary N) is 1. The van der Waals surface area contributed by atoms with Crippen molar-refractivity contribution in [1.82, 2.24) is 15.5 Å². The number of thiophene rings is 1. The quantitative estimate of drug-likeness (QED) is 0.786. The summed E-state index contributed by atoms with van der Waals surface area (Å²) in [6.45, 7) is 5.17. The molecule has 0 aliphatic rings. The number of fused-ring (bicyclic) bond motifs is 1. The molecule has 19 heavy (non-hydrogen) atoms. The van der Waals surface area contributed by atoms with Crippen molar-refractivity contribution in [3.05, 3.63) is 34.7 Å². The summed E-state index contributed by atoms with van der Waals surface area (Å²) in [5, 5.41) is 17.5. The van der Waals surface area contributed by atoms with E-state index < -0.39 is 0 Å². The maximum Gasteiger partial charge on any atom is 0.149 e. The molecule has 0 bridgehead atoms. The summed E-state index contributed by atoms with van der Waals surface area (Å²) >= 11 is 3.44. The van der Waals surface area contributed by atoms with Crippen molar-refractivity contribution in [3.8, 4) is 10.6 Å². The zero-order chi connectivity index (χ0) is 13.2. The molecule has 0 saturated heterocycles. The van der Waals surface area contributed by atoms with E-state index in [1.807, 2.05) is 0 Å². The molecule has 0 aliphatic heterocycles. The van der Waals surface area contributed by atoms with Gasteiger partial charge in [0, 0.05) is 21.0 Å². The second-order valence-corrected chi connectivity index (χ2v) is 6.29. The van der Waals surface area contributed by atoms with Gasteiger partial charge in [-0.1, -0.05) is 36.5 Å². The Kier molecular flexibility index (Phi) is 3.59. The molecule has 2 aromatic heterocycles. The Hall–Kier alpha value is -1.30. The first-order valence-electron chi connectivity index (χ1n) is 6.33. The van der Waals surface area contributed by atoms with Crippen LogP contribution in [-0.2, 0) is 0 Å². The van der Waals surface area contributed by atoms with Gasteiger partial charge in [-0.15, -0.1) is 21.5 Å². The van der Waals surface area contributed by atoms with Crippen LogP contribution >= 0.6 is 22.7 Å². The molecule has 5 heteroatoms. The fraction of sp³-hybridized carbons (Fsp3) is 0.286. The number of hydrogen-bond acceptors (Lipinski definition) is 5. The minimum absolute atomic E-state index is 0.265. The van der Waals surface area contributed by atoms with Gasteiger partial charge in [0.2, 0.25) is 0 Å². The van der Waals surface area contributed by atoms with Crippen molar-refractivity contribution in [1.29, 1.82) is 0 Å². The van der Waals surface area contributed by atoms with Gasteiger partial charge < -0.3 is 5.32 Å². The average molecular weight is 289 g/mol. The number of benzene rings is 1. The molecule has 1 aromatic carbocycles. The third-order valence-electron chi connectivity index (χ3n) is 3.03. The van der Waals surface area contributed by atoms with Crippen LogP contribution in [-0.4, -0.2) is 16.7 Å². The van der Waals surface area contributed by atoms with Gasteiger partial charge in [-0.25, -0.2) is 0 Å². The number of aromatic nitrogens is 2. The van der Waals surface area contributed by atoms with Crippen LogP contribution < -0.4 is 5.32 Å². The van der Waals surface area contributed by atoms with Crippen molar-refractivity contribution >= 4 is 32.8 Å². The lowest BCUT2D eigenvalue weighted by Crippen LogP contribution is -2.17. The van der Waals surface area contributed by atoms with E-state index in [1.54, 1.807) is 22.7 Å². The fourth-order valence-corrected chi connectivity index (χ4v) is 3.98. The first-order valence-corrected chi connectivity index (χ1v) is 8.02. The molecule has 2 heterocycles. The zero-order valence-corrected chi connectivity index (χ0v) is 12.5. The van der Waals surface area contributed by atoms with Crippen LogP contribution in [0.25, 0.3) is 20.7 Å². The Morgan fingerprint density at radius 2 is 2.11 bits per heavy atom. The Morgan fingerprint density at radius 3 is 2.95 bits per heavy atom. The molecule has 0 fully saturated rings. The predicted octanol–water partition coefficient (Wildman–Crippen LogP) is 4.09. The van der Waals surface area contributed by atoms with Crippen molar-refractivity contribution in [2.24, 2.45) is 0 Å². The topological polar surface area (TPSA) is 37.8 Å². The van der Waals surface area contributed by atoms with Gasteiger partial charge >= 0.3 is 0 Å². The van der Waals surface area contributed by atoms with Gasteiger partial charge in [0.15, 0.2) is 0 Å². The average Bonchev–Trinajstić information content (AvgIpc) is 3.05. The maximum atomic E-state index is 4.35. The molecule has 3 nitrogen and oxygen atoms in total. The Morgan fingerprint density at radius 1 is 1.26 bits per heavy atom. The molecule has 0 radical (unpaired) electrons. The maximum absolute atomic E-state index is 4.35. The Labute approximate surface area is 120 Å². The molecule has 3 rings (SSSR count). The largest absolute Gasteiger partial charge is 0.308 e. The van der Waals surface area contributed by atoms with E-state index in [9.17, 15) is 0 Å². The lowest BCUT2D eigenvalue weighted by molar-refractivity contribution is 0.590. The fourth-order valence-electron chi connectivity index (χ4n) is 2.06. The Bertz CT molecular complexity index is 687. The second kappa shape index (κ2) is 5.36. The minimum atomic E-state index is 0.265. The van der Waals surface area contributed by atoms with E-state index in [0.29, 0.717) is 0 Å². The predicted molar refractivity (Wildman–Crippen MR) is 82.8 cm³/mol. The number of hydrogen-bond donors (Lipinski definition) is 1. The first kappa shape index (κ1) is 12.7. The van der Waals surface area contributed by atoms with Gasteiger partial charge in [-0.2, -0.15) is 0 Å². The van der Waals surface area contributed by atoms with Gasteiger partial charge in [0.25, 0.3) is 0 Å². The van der Waals surface area contributed by atoms with Crippen LogP contribution in [0.3, 0.4) is 0 Å². The van der Waals surface area contributed by atoms with Crippen LogP contribution in [0.15, 0.2) is 29.6 Å². The van der Waals surface area contributed by atoms with E-state index in [1.165, 1.54) is 15.6 Å². The van der Waals surface area contributed by atoms with E-state index in [-0.39, 0.29) is 6.04 Å². The molecule has 1 atom stereocenters. The standard InChI is InChI=1S/C14H15N3S2/c1-3-15-9(2)13-16-17-14(19-13)11-8-18-12-7-5-4-6-10(11)12/h4-9,15H,3H2,1-2H3. The second-order valence-electron chi connectivity index (χ2n) is 4.37. The first-order chi connectivity index (χ1) is 9.29. The van der Waals surface area contributed by atoms with E-state index >= 15 is 0 Å². The van der Waals surface area contributed by atoms with Crippen LogP contribution in [0.5, 0.6) is 0 Å². The molecule has 0 saturated carbocycles. The smallest absolute Gasteiger partial charge is 0.149 e. The van der Waals surface area contributed by atoms with Crippen molar-refractivity contribution in [2.75, 3.05) is 6.54 Å². The molecule has 1 unspecified atom stereocenters. The summed E-state index contributed by atoms with van der Waals surface area (Å²) in [6, 6.07) is 8.70. The van der Waals surface area contributed by atoms with Gasteiger partial charge in [0.05, 0.1) is 6.04 Å². The summed E-state index contributed by atoms with van der Waals surface area (Å²) in [5.41, 5.74) is 1.20. The molecule has 1 N–H and O–H groups in total.